The molecule has 2 saturated heterocycles. The van der Waals surface area contributed by atoms with Crippen LogP contribution in [0.4, 0.5) is 0 Å². The van der Waals surface area contributed by atoms with Gasteiger partial charge in [-0.25, -0.2) is 5.01 Å². The van der Waals surface area contributed by atoms with E-state index in [1.54, 1.807) is 6.07 Å². The van der Waals surface area contributed by atoms with Crippen molar-refractivity contribution in [1.82, 2.24) is 20.2 Å². The molecule has 0 saturated carbocycles. The Labute approximate surface area is 158 Å². The summed E-state index contributed by atoms with van der Waals surface area (Å²) in [6.45, 7) is 4.94. The first-order valence-electron chi connectivity index (χ1n) is 9.36. The Balaban J connectivity index is 1.47. The van der Waals surface area contributed by atoms with Crippen LogP contribution < -0.4 is 5.32 Å². The third-order valence-electron chi connectivity index (χ3n) is 5.13. The van der Waals surface area contributed by atoms with Crippen molar-refractivity contribution in [3.63, 3.8) is 0 Å². The zero-order valence-corrected chi connectivity index (χ0v) is 15.2. The highest BCUT2D eigenvalue weighted by Gasteiger charge is 2.39. The number of carbonyl (C=O) groups excluding carboxylic acids is 3. The summed E-state index contributed by atoms with van der Waals surface area (Å²) in [6.07, 6.45) is 1.15. The Hall–Kier alpha value is -2.69. The van der Waals surface area contributed by atoms with E-state index in [-0.39, 0.29) is 24.3 Å². The van der Waals surface area contributed by atoms with Gasteiger partial charge in [0.15, 0.2) is 0 Å². The van der Waals surface area contributed by atoms with E-state index in [9.17, 15) is 14.4 Å². The first-order valence-corrected chi connectivity index (χ1v) is 9.36. The number of hydrogen-bond acceptors (Lipinski definition) is 5. The van der Waals surface area contributed by atoms with Gasteiger partial charge in [0, 0.05) is 50.1 Å². The molecule has 0 spiro atoms. The predicted molar refractivity (Wildman–Crippen MR) is 98.2 cm³/mol. The highest BCUT2D eigenvalue weighted by molar-refractivity contribution is 6.04. The molecule has 0 radical (unpaired) electrons. The molecule has 0 atom stereocenters. The number of piperidine rings is 1. The predicted octanol–water partition coefficient (Wildman–Crippen LogP) is 0.353. The van der Waals surface area contributed by atoms with Crippen molar-refractivity contribution in [3.8, 4) is 11.8 Å². The molecule has 3 aliphatic heterocycles. The van der Waals surface area contributed by atoms with Crippen LogP contribution in [0.2, 0.25) is 0 Å². The maximum atomic E-state index is 12.7. The van der Waals surface area contributed by atoms with Gasteiger partial charge in [-0.3, -0.25) is 19.3 Å². The smallest absolute Gasteiger partial charge is 0.273 e. The van der Waals surface area contributed by atoms with Gasteiger partial charge in [-0.1, -0.05) is 11.8 Å². The minimum absolute atomic E-state index is 0.235. The van der Waals surface area contributed by atoms with E-state index in [4.69, 9.17) is 0 Å². The average molecular weight is 366 g/mol. The second-order valence-electron chi connectivity index (χ2n) is 7.02. The number of benzene rings is 1. The van der Waals surface area contributed by atoms with Gasteiger partial charge in [0.2, 0.25) is 11.8 Å². The van der Waals surface area contributed by atoms with Gasteiger partial charge >= 0.3 is 0 Å². The van der Waals surface area contributed by atoms with E-state index in [1.807, 2.05) is 12.1 Å². The van der Waals surface area contributed by atoms with Crippen molar-refractivity contribution in [2.75, 3.05) is 32.7 Å². The lowest BCUT2D eigenvalue weighted by Crippen LogP contribution is -2.51. The maximum absolute atomic E-state index is 12.7. The van der Waals surface area contributed by atoms with Crippen molar-refractivity contribution in [2.45, 2.75) is 25.8 Å². The summed E-state index contributed by atoms with van der Waals surface area (Å²) >= 11 is 0. The fourth-order valence-electron chi connectivity index (χ4n) is 3.68. The lowest BCUT2D eigenvalue weighted by atomic mass is 10.1. The maximum Gasteiger partial charge on any atom is 0.273 e. The van der Waals surface area contributed by atoms with Crippen LogP contribution in [0.5, 0.6) is 0 Å². The average Bonchev–Trinajstić information content (AvgIpc) is 2.98. The summed E-state index contributed by atoms with van der Waals surface area (Å²) in [4.78, 5) is 39.2. The van der Waals surface area contributed by atoms with E-state index in [0.717, 1.165) is 48.9 Å². The first-order chi connectivity index (χ1) is 13.1. The zero-order chi connectivity index (χ0) is 18.8. The van der Waals surface area contributed by atoms with E-state index in [1.165, 1.54) is 5.01 Å². The Morgan fingerprint density at radius 1 is 1.04 bits per heavy atom. The summed E-state index contributed by atoms with van der Waals surface area (Å²) in [5, 5.41) is 5.61. The number of hydrogen-bond donors (Lipinski definition) is 1. The summed E-state index contributed by atoms with van der Waals surface area (Å²) in [5.74, 6) is 5.45. The van der Waals surface area contributed by atoms with Crippen LogP contribution in [0, 0.1) is 11.8 Å². The second-order valence-corrected chi connectivity index (χ2v) is 7.02. The highest BCUT2D eigenvalue weighted by Crippen LogP contribution is 2.27. The zero-order valence-electron chi connectivity index (χ0n) is 15.2. The van der Waals surface area contributed by atoms with Crippen LogP contribution in [-0.2, 0) is 16.1 Å². The van der Waals surface area contributed by atoms with Crippen molar-refractivity contribution in [2.24, 2.45) is 0 Å². The van der Waals surface area contributed by atoms with Gasteiger partial charge in [-0.2, -0.15) is 5.01 Å². The van der Waals surface area contributed by atoms with Gasteiger partial charge in [-0.15, -0.1) is 0 Å². The normalized spacial score (nSPS) is 20.5. The van der Waals surface area contributed by atoms with Crippen LogP contribution in [0.1, 0.15) is 40.7 Å². The molecule has 0 unspecified atom stereocenters. The molecule has 7 nitrogen and oxygen atoms in total. The molecule has 140 valence electrons. The molecule has 2 fully saturated rings. The van der Waals surface area contributed by atoms with Gasteiger partial charge in [-0.05, 0) is 30.2 Å². The fraction of sp³-hybridized carbons (Fsp3) is 0.450. The van der Waals surface area contributed by atoms with Crippen LogP contribution in [0.3, 0.4) is 0 Å². The van der Waals surface area contributed by atoms with E-state index in [2.05, 4.69) is 22.1 Å². The molecule has 3 aliphatic rings. The highest BCUT2D eigenvalue weighted by atomic mass is 16.2. The number of hydrazine groups is 1. The molecule has 0 bridgehead atoms. The molecular formula is C20H22N4O3. The third-order valence-corrected chi connectivity index (χ3v) is 5.13. The number of nitrogens with zero attached hydrogens (tertiary/aromatic N) is 3. The topological polar surface area (TPSA) is 73.0 Å². The van der Waals surface area contributed by atoms with Gasteiger partial charge in [0.25, 0.3) is 5.91 Å². The monoisotopic (exact) mass is 366 g/mol. The molecule has 3 amide bonds. The molecular weight excluding hydrogens is 344 g/mol. The molecule has 1 aromatic carbocycles. The Bertz CT molecular complexity index is 833. The Morgan fingerprint density at radius 2 is 1.78 bits per heavy atom. The van der Waals surface area contributed by atoms with Crippen molar-refractivity contribution >= 4 is 17.7 Å². The third kappa shape index (κ3) is 3.59. The van der Waals surface area contributed by atoms with E-state index >= 15 is 0 Å². The summed E-state index contributed by atoms with van der Waals surface area (Å²) in [6, 6.07) is 5.45. The molecule has 27 heavy (non-hydrogen) atoms. The lowest BCUT2D eigenvalue weighted by Gasteiger charge is -2.32. The standard InChI is InChI=1S/C20H22N4O3/c25-18-4-1-5-19(26)24(18)23-14-16-13-15(6-7-17(16)20(23)27)3-2-10-22-11-8-21-9-12-22/h6-7,13,21H,1,4-5,8-12,14H2. The molecule has 1 aromatic rings. The molecule has 0 aliphatic carbocycles. The van der Waals surface area contributed by atoms with Crippen molar-refractivity contribution < 1.29 is 14.4 Å². The Kier molecular flexibility index (Phi) is 4.92. The van der Waals surface area contributed by atoms with Crippen LogP contribution in [0.15, 0.2) is 18.2 Å². The number of fused-ring (bicyclic) bond motifs is 1. The summed E-state index contributed by atoms with van der Waals surface area (Å²) in [5.41, 5.74) is 2.18. The number of rotatable bonds is 2. The second kappa shape index (κ2) is 7.51. The fourth-order valence-corrected chi connectivity index (χ4v) is 3.68. The Morgan fingerprint density at radius 3 is 2.52 bits per heavy atom. The van der Waals surface area contributed by atoms with Crippen LogP contribution in [-0.4, -0.2) is 65.4 Å². The molecule has 4 rings (SSSR count). The number of amides is 3. The first kappa shape index (κ1) is 17.7. The summed E-state index contributed by atoms with van der Waals surface area (Å²) in [7, 11) is 0. The number of imide groups is 1. The SMILES string of the molecule is O=C1c2ccc(C#CCN3CCNCC3)cc2CN1N1C(=O)CCCC1=O. The van der Waals surface area contributed by atoms with E-state index < -0.39 is 0 Å². The largest absolute Gasteiger partial charge is 0.314 e. The summed E-state index contributed by atoms with van der Waals surface area (Å²) < 4.78 is 0. The molecule has 1 N–H and O–H groups in total. The molecule has 0 aromatic heterocycles. The number of nitrogens with one attached hydrogen (secondary N) is 1. The van der Waals surface area contributed by atoms with E-state index in [0.29, 0.717) is 24.8 Å². The van der Waals surface area contributed by atoms with Crippen LogP contribution >= 0.6 is 0 Å². The van der Waals surface area contributed by atoms with Crippen molar-refractivity contribution in [3.05, 3.63) is 34.9 Å². The lowest BCUT2D eigenvalue weighted by molar-refractivity contribution is -0.163. The number of piperazine rings is 1. The molecule has 7 heteroatoms. The minimum atomic E-state index is -0.302. The van der Waals surface area contributed by atoms with Gasteiger partial charge in [0.1, 0.15) is 0 Å². The number of carbonyl (C=O) groups is 3. The van der Waals surface area contributed by atoms with Gasteiger partial charge < -0.3 is 5.32 Å². The van der Waals surface area contributed by atoms with Gasteiger partial charge in [0.05, 0.1) is 13.1 Å². The molecule has 3 heterocycles. The van der Waals surface area contributed by atoms with Crippen LogP contribution in [0.25, 0.3) is 0 Å². The quantitative estimate of drug-likeness (QED) is 0.604. The minimum Gasteiger partial charge on any atom is -0.314 e. The van der Waals surface area contributed by atoms with Crippen molar-refractivity contribution in [1.29, 1.82) is 0 Å².